The average Bonchev–Trinajstić information content (AvgIpc) is 2.80. The summed E-state index contributed by atoms with van der Waals surface area (Å²) in [6, 6.07) is 5.56. The fraction of sp³-hybridized carbons (Fsp3) is 0.231. The Morgan fingerprint density at radius 2 is 2.00 bits per heavy atom. The molecule has 0 atom stereocenters. The van der Waals surface area contributed by atoms with Crippen LogP contribution in [0.5, 0.6) is 0 Å². The summed E-state index contributed by atoms with van der Waals surface area (Å²) in [5.41, 5.74) is 2.07. The molecule has 3 aromatic heterocycles. The number of hydrogen-bond donors (Lipinski definition) is 1. The lowest BCUT2D eigenvalue weighted by Gasteiger charge is -2.09. The van der Waals surface area contributed by atoms with Crippen molar-refractivity contribution in [3.63, 3.8) is 0 Å². The third-order valence-corrected chi connectivity index (χ3v) is 2.92. The van der Waals surface area contributed by atoms with Gasteiger partial charge in [0.05, 0.1) is 5.69 Å². The largest absolute Gasteiger partial charge is 0.349 e. The smallest absolute Gasteiger partial charge is 0.265 e. The van der Waals surface area contributed by atoms with E-state index in [9.17, 15) is 4.79 Å². The van der Waals surface area contributed by atoms with E-state index >= 15 is 0 Å². The molecule has 1 N–H and O–H groups in total. The molecule has 0 radical (unpaired) electrons. The monoisotopic (exact) mass is 255 g/mol. The highest BCUT2D eigenvalue weighted by atomic mass is 16.1. The quantitative estimate of drug-likeness (QED) is 0.754. The molecular weight excluding hydrogens is 242 g/mol. The Hall–Kier alpha value is -2.50. The molecule has 0 aromatic carbocycles. The Bertz CT molecular complexity index is 773. The number of H-pyrrole nitrogens is 1. The highest BCUT2D eigenvalue weighted by Crippen LogP contribution is 2.20. The van der Waals surface area contributed by atoms with Gasteiger partial charge in [-0.3, -0.25) is 4.98 Å². The SMILES string of the molecule is CC(C)c1nc(-c2ccncc2)cc2n[nH]c(=O)n12. The van der Waals surface area contributed by atoms with Gasteiger partial charge in [-0.05, 0) is 12.1 Å². The van der Waals surface area contributed by atoms with Gasteiger partial charge >= 0.3 is 5.69 Å². The molecule has 0 fully saturated rings. The first-order chi connectivity index (χ1) is 9.16. The maximum atomic E-state index is 11.7. The molecule has 0 spiro atoms. The van der Waals surface area contributed by atoms with Gasteiger partial charge in [-0.1, -0.05) is 13.8 Å². The number of rotatable bonds is 2. The van der Waals surface area contributed by atoms with Crippen LogP contribution in [-0.4, -0.2) is 24.6 Å². The minimum atomic E-state index is -0.257. The first-order valence-electron chi connectivity index (χ1n) is 6.05. The average molecular weight is 255 g/mol. The Kier molecular flexibility index (Phi) is 2.63. The van der Waals surface area contributed by atoms with E-state index in [0.29, 0.717) is 11.5 Å². The summed E-state index contributed by atoms with van der Waals surface area (Å²) >= 11 is 0. The first-order valence-corrected chi connectivity index (χ1v) is 6.05. The molecule has 0 saturated carbocycles. The lowest BCUT2D eigenvalue weighted by Crippen LogP contribution is -2.16. The van der Waals surface area contributed by atoms with Crippen molar-refractivity contribution in [2.45, 2.75) is 19.8 Å². The number of pyridine rings is 1. The summed E-state index contributed by atoms with van der Waals surface area (Å²) in [6.45, 7) is 4.00. The van der Waals surface area contributed by atoms with Crippen LogP contribution in [0.15, 0.2) is 35.4 Å². The highest BCUT2D eigenvalue weighted by Gasteiger charge is 2.13. The van der Waals surface area contributed by atoms with Crippen molar-refractivity contribution < 1.29 is 0 Å². The normalized spacial score (nSPS) is 11.3. The molecule has 3 heterocycles. The molecule has 0 aliphatic rings. The molecule has 3 rings (SSSR count). The number of fused-ring (bicyclic) bond motifs is 1. The van der Waals surface area contributed by atoms with Crippen molar-refractivity contribution in [1.82, 2.24) is 24.6 Å². The number of aromatic nitrogens is 5. The van der Waals surface area contributed by atoms with Crippen molar-refractivity contribution in [3.8, 4) is 11.3 Å². The molecular formula is C13H13N5O. The van der Waals surface area contributed by atoms with Gasteiger partial charge in [0.2, 0.25) is 0 Å². The van der Waals surface area contributed by atoms with Crippen molar-refractivity contribution in [1.29, 1.82) is 0 Å². The molecule has 19 heavy (non-hydrogen) atoms. The molecule has 0 amide bonds. The third kappa shape index (κ3) is 1.91. The Balaban J connectivity index is 2.32. The fourth-order valence-electron chi connectivity index (χ4n) is 2.01. The fourth-order valence-corrected chi connectivity index (χ4v) is 2.01. The molecule has 0 unspecified atom stereocenters. The predicted molar refractivity (Wildman–Crippen MR) is 70.9 cm³/mol. The maximum Gasteiger partial charge on any atom is 0.349 e. The zero-order valence-corrected chi connectivity index (χ0v) is 10.7. The molecule has 0 saturated heterocycles. The second-order valence-electron chi connectivity index (χ2n) is 4.61. The van der Waals surface area contributed by atoms with E-state index in [0.717, 1.165) is 11.3 Å². The number of hydrogen-bond acceptors (Lipinski definition) is 4. The molecule has 0 aliphatic heterocycles. The van der Waals surface area contributed by atoms with Gasteiger partial charge in [-0.2, -0.15) is 5.10 Å². The lowest BCUT2D eigenvalue weighted by molar-refractivity contribution is 0.743. The van der Waals surface area contributed by atoms with Crippen molar-refractivity contribution in [2.75, 3.05) is 0 Å². The molecule has 96 valence electrons. The van der Waals surface area contributed by atoms with Crippen LogP contribution < -0.4 is 5.69 Å². The Morgan fingerprint density at radius 1 is 1.26 bits per heavy atom. The van der Waals surface area contributed by atoms with E-state index in [-0.39, 0.29) is 11.6 Å². The van der Waals surface area contributed by atoms with Gasteiger partial charge in [-0.25, -0.2) is 19.3 Å². The molecule has 6 nitrogen and oxygen atoms in total. The first kappa shape index (κ1) is 11.6. The van der Waals surface area contributed by atoms with Crippen LogP contribution >= 0.6 is 0 Å². The molecule has 0 aliphatic carbocycles. The van der Waals surface area contributed by atoms with Crippen LogP contribution in [0.4, 0.5) is 0 Å². The van der Waals surface area contributed by atoms with E-state index < -0.39 is 0 Å². The Labute approximate surface area is 109 Å². The van der Waals surface area contributed by atoms with E-state index in [4.69, 9.17) is 0 Å². The molecule has 6 heteroatoms. The van der Waals surface area contributed by atoms with Crippen LogP contribution in [0.1, 0.15) is 25.6 Å². The van der Waals surface area contributed by atoms with Gasteiger partial charge in [-0.15, -0.1) is 0 Å². The van der Waals surface area contributed by atoms with Crippen LogP contribution in [0.25, 0.3) is 16.9 Å². The zero-order valence-electron chi connectivity index (χ0n) is 10.7. The zero-order chi connectivity index (χ0) is 13.4. The minimum absolute atomic E-state index is 0.125. The second-order valence-corrected chi connectivity index (χ2v) is 4.61. The summed E-state index contributed by atoms with van der Waals surface area (Å²) in [6.07, 6.45) is 3.43. The third-order valence-electron chi connectivity index (χ3n) is 2.92. The van der Waals surface area contributed by atoms with Crippen LogP contribution in [0.3, 0.4) is 0 Å². The van der Waals surface area contributed by atoms with Gasteiger partial charge in [0.15, 0.2) is 5.65 Å². The van der Waals surface area contributed by atoms with Crippen molar-refractivity contribution in [2.24, 2.45) is 0 Å². The van der Waals surface area contributed by atoms with Crippen LogP contribution in [0, 0.1) is 0 Å². The lowest BCUT2D eigenvalue weighted by atomic mass is 10.1. The number of nitrogens with one attached hydrogen (secondary N) is 1. The summed E-state index contributed by atoms with van der Waals surface area (Å²) in [7, 11) is 0. The Morgan fingerprint density at radius 3 is 2.68 bits per heavy atom. The van der Waals surface area contributed by atoms with Gasteiger partial charge < -0.3 is 0 Å². The van der Waals surface area contributed by atoms with E-state index in [1.807, 2.05) is 26.0 Å². The van der Waals surface area contributed by atoms with Crippen molar-refractivity contribution >= 4 is 5.65 Å². The minimum Gasteiger partial charge on any atom is -0.265 e. The number of nitrogens with zero attached hydrogens (tertiary/aromatic N) is 4. The van der Waals surface area contributed by atoms with E-state index in [1.165, 1.54) is 4.40 Å². The van der Waals surface area contributed by atoms with Crippen LogP contribution in [-0.2, 0) is 0 Å². The van der Waals surface area contributed by atoms with Crippen LogP contribution in [0.2, 0.25) is 0 Å². The summed E-state index contributed by atoms with van der Waals surface area (Å²) in [5, 5.41) is 6.47. The topological polar surface area (TPSA) is 75.9 Å². The van der Waals surface area contributed by atoms with Gasteiger partial charge in [0.1, 0.15) is 5.82 Å². The van der Waals surface area contributed by atoms with Crippen molar-refractivity contribution in [3.05, 3.63) is 46.9 Å². The summed E-state index contributed by atoms with van der Waals surface area (Å²) < 4.78 is 1.51. The van der Waals surface area contributed by atoms with E-state index in [2.05, 4.69) is 20.2 Å². The summed E-state index contributed by atoms with van der Waals surface area (Å²) in [5.74, 6) is 0.822. The highest BCUT2D eigenvalue weighted by molar-refractivity contribution is 5.62. The molecule has 3 aromatic rings. The van der Waals surface area contributed by atoms with E-state index in [1.54, 1.807) is 18.5 Å². The summed E-state index contributed by atoms with van der Waals surface area (Å²) in [4.78, 5) is 20.3. The maximum absolute atomic E-state index is 11.7. The second kappa shape index (κ2) is 4.31. The molecule has 0 bridgehead atoms. The van der Waals surface area contributed by atoms with Gasteiger partial charge in [0.25, 0.3) is 0 Å². The number of aromatic amines is 1. The van der Waals surface area contributed by atoms with Gasteiger partial charge in [0, 0.05) is 29.9 Å². The predicted octanol–water partition coefficient (Wildman–Crippen LogP) is 1.60. The standard InChI is InChI=1S/C13H13N5O/c1-8(2)12-15-10(9-3-5-14-6-4-9)7-11-16-17-13(19)18(11)12/h3-8H,1-2H3,(H,17,19).